The van der Waals surface area contributed by atoms with Gasteiger partial charge in [-0.1, -0.05) is 26.0 Å². The van der Waals surface area contributed by atoms with Gasteiger partial charge in [0.2, 0.25) is 0 Å². The standard InChI is InChI=1S/C16H25N3S/c1-12(2)10-20-11-13(17-3)9-16-18-14-7-5-6-8-15(14)19(16)4/h5-8,12-13,17H,9-11H2,1-4H3. The van der Waals surface area contributed by atoms with Crippen molar-refractivity contribution in [3.8, 4) is 0 Å². The first kappa shape index (κ1) is 15.4. The summed E-state index contributed by atoms with van der Waals surface area (Å²) in [6.07, 6.45) is 0.979. The number of aryl methyl sites for hydroxylation is 1. The molecule has 1 aromatic heterocycles. The van der Waals surface area contributed by atoms with Crippen molar-refractivity contribution in [1.29, 1.82) is 0 Å². The summed E-state index contributed by atoms with van der Waals surface area (Å²) in [5.74, 6) is 4.28. The first-order valence-electron chi connectivity index (χ1n) is 7.27. The van der Waals surface area contributed by atoms with Crippen molar-refractivity contribution in [3.63, 3.8) is 0 Å². The van der Waals surface area contributed by atoms with Gasteiger partial charge in [-0.3, -0.25) is 0 Å². The molecule has 1 atom stereocenters. The van der Waals surface area contributed by atoms with Crippen LogP contribution >= 0.6 is 11.8 Å². The van der Waals surface area contributed by atoms with E-state index in [-0.39, 0.29) is 0 Å². The van der Waals surface area contributed by atoms with Crippen LogP contribution in [0.2, 0.25) is 0 Å². The fourth-order valence-electron chi connectivity index (χ4n) is 2.29. The molecule has 1 unspecified atom stereocenters. The monoisotopic (exact) mass is 291 g/mol. The summed E-state index contributed by atoms with van der Waals surface area (Å²) in [6.45, 7) is 4.54. The Labute approximate surface area is 126 Å². The van der Waals surface area contributed by atoms with Crippen molar-refractivity contribution in [1.82, 2.24) is 14.9 Å². The van der Waals surface area contributed by atoms with Crippen molar-refractivity contribution in [3.05, 3.63) is 30.1 Å². The summed E-state index contributed by atoms with van der Waals surface area (Å²) in [5, 5.41) is 3.42. The Morgan fingerprint density at radius 1 is 1.25 bits per heavy atom. The molecule has 110 valence electrons. The average molecular weight is 291 g/mol. The predicted molar refractivity (Wildman–Crippen MR) is 89.4 cm³/mol. The van der Waals surface area contributed by atoms with Crippen LogP contribution < -0.4 is 5.32 Å². The quantitative estimate of drug-likeness (QED) is 0.850. The molecule has 0 amide bonds. The molecule has 3 nitrogen and oxygen atoms in total. The minimum absolute atomic E-state index is 0.481. The predicted octanol–water partition coefficient (Wildman–Crippen LogP) is 3.09. The van der Waals surface area contributed by atoms with E-state index in [1.54, 1.807) is 0 Å². The molecule has 2 aromatic rings. The molecular weight excluding hydrogens is 266 g/mol. The maximum Gasteiger partial charge on any atom is 0.111 e. The second-order valence-corrected chi connectivity index (χ2v) is 6.77. The summed E-state index contributed by atoms with van der Waals surface area (Å²) < 4.78 is 2.22. The maximum atomic E-state index is 4.76. The van der Waals surface area contributed by atoms with E-state index in [1.165, 1.54) is 11.3 Å². The molecule has 0 radical (unpaired) electrons. The van der Waals surface area contributed by atoms with E-state index in [4.69, 9.17) is 4.98 Å². The van der Waals surface area contributed by atoms with Gasteiger partial charge < -0.3 is 9.88 Å². The second kappa shape index (κ2) is 7.14. The Kier molecular flexibility index (Phi) is 5.49. The van der Waals surface area contributed by atoms with Gasteiger partial charge in [-0.05, 0) is 30.9 Å². The van der Waals surface area contributed by atoms with Crippen LogP contribution in [-0.2, 0) is 13.5 Å². The first-order valence-corrected chi connectivity index (χ1v) is 8.42. The number of para-hydroxylation sites is 2. The minimum Gasteiger partial charge on any atom is -0.331 e. The van der Waals surface area contributed by atoms with Crippen LogP contribution in [0.4, 0.5) is 0 Å². The molecule has 0 aliphatic heterocycles. The second-order valence-electron chi connectivity index (χ2n) is 5.70. The molecule has 1 aromatic carbocycles. The van der Waals surface area contributed by atoms with Gasteiger partial charge in [0, 0.05) is 25.3 Å². The van der Waals surface area contributed by atoms with Crippen LogP contribution in [0.15, 0.2) is 24.3 Å². The minimum atomic E-state index is 0.481. The Morgan fingerprint density at radius 2 is 2.00 bits per heavy atom. The molecular formula is C16H25N3S. The number of benzene rings is 1. The zero-order valence-corrected chi connectivity index (χ0v) is 13.7. The van der Waals surface area contributed by atoms with Gasteiger partial charge in [0.1, 0.15) is 5.82 Å². The summed E-state index contributed by atoms with van der Waals surface area (Å²) in [6, 6.07) is 8.82. The van der Waals surface area contributed by atoms with Gasteiger partial charge in [0.25, 0.3) is 0 Å². The van der Waals surface area contributed by atoms with Crippen molar-refractivity contribution >= 4 is 22.8 Å². The molecule has 0 saturated heterocycles. The number of nitrogens with zero attached hydrogens (tertiary/aromatic N) is 2. The molecule has 2 rings (SSSR count). The zero-order chi connectivity index (χ0) is 14.5. The third-order valence-corrected chi connectivity index (χ3v) is 5.03. The Morgan fingerprint density at radius 3 is 2.65 bits per heavy atom. The van der Waals surface area contributed by atoms with Gasteiger partial charge in [0.15, 0.2) is 0 Å². The van der Waals surface area contributed by atoms with Gasteiger partial charge in [-0.2, -0.15) is 11.8 Å². The number of thioether (sulfide) groups is 1. The fraction of sp³-hybridized carbons (Fsp3) is 0.562. The topological polar surface area (TPSA) is 29.9 Å². The smallest absolute Gasteiger partial charge is 0.111 e. The van der Waals surface area contributed by atoms with E-state index in [9.17, 15) is 0 Å². The van der Waals surface area contributed by atoms with E-state index in [2.05, 4.69) is 49.0 Å². The number of nitrogens with one attached hydrogen (secondary N) is 1. The van der Waals surface area contributed by atoms with E-state index in [1.807, 2.05) is 24.9 Å². The van der Waals surface area contributed by atoms with E-state index >= 15 is 0 Å². The molecule has 1 heterocycles. The molecule has 0 fully saturated rings. The van der Waals surface area contributed by atoms with Crippen LogP contribution in [0.1, 0.15) is 19.7 Å². The van der Waals surface area contributed by atoms with Crippen molar-refractivity contribution in [2.75, 3.05) is 18.6 Å². The number of hydrogen-bond donors (Lipinski definition) is 1. The summed E-state index contributed by atoms with van der Waals surface area (Å²) in [7, 11) is 4.15. The molecule has 0 saturated carbocycles. The lowest BCUT2D eigenvalue weighted by molar-refractivity contribution is 0.587. The summed E-state index contributed by atoms with van der Waals surface area (Å²) in [5.41, 5.74) is 2.31. The van der Waals surface area contributed by atoms with Crippen molar-refractivity contribution < 1.29 is 0 Å². The van der Waals surface area contributed by atoms with E-state index < -0.39 is 0 Å². The summed E-state index contributed by atoms with van der Waals surface area (Å²) >= 11 is 2.03. The molecule has 0 bridgehead atoms. The number of imidazole rings is 1. The molecule has 4 heteroatoms. The molecule has 1 N–H and O–H groups in total. The van der Waals surface area contributed by atoms with Crippen LogP contribution in [0, 0.1) is 5.92 Å². The highest BCUT2D eigenvalue weighted by atomic mass is 32.2. The van der Waals surface area contributed by atoms with Crippen molar-refractivity contribution in [2.45, 2.75) is 26.3 Å². The molecule has 0 aliphatic rings. The van der Waals surface area contributed by atoms with Gasteiger partial charge in [0.05, 0.1) is 11.0 Å². The third kappa shape index (κ3) is 3.76. The zero-order valence-electron chi connectivity index (χ0n) is 12.9. The maximum absolute atomic E-state index is 4.76. The highest BCUT2D eigenvalue weighted by Gasteiger charge is 2.13. The number of likely N-dealkylation sites (N-methyl/N-ethyl adjacent to an activating group) is 1. The Balaban J connectivity index is 2.03. The normalized spacial score (nSPS) is 13.2. The van der Waals surface area contributed by atoms with Crippen molar-refractivity contribution in [2.24, 2.45) is 13.0 Å². The average Bonchev–Trinajstić information content (AvgIpc) is 2.74. The molecule has 0 spiro atoms. The highest BCUT2D eigenvalue weighted by Crippen LogP contribution is 2.17. The van der Waals surface area contributed by atoms with Crippen LogP contribution in [0.5, 0.6) is 0 Å². The largest absolute Gasteiger partial charge is 0.331 e. The first-order chi connectivity index (χ1) is 9.61. The molecule has 0 aliphatic carbocycles. The summed E-state index contributed by atoms with van der Waals surface area (Å²) in [4.78, 5) is 4.76. The lowest BCUT2D eigenvalue weighted by Crippen LogP contribution is -2.31. The van der Waals surface area contributed by atoms with Crippen LogP contribution in [-0.4, -0.2) is 34.1 Å². The van der Waals surface area contributed by atoms with Gasteiger partial charge in [-0.25, -0.2) is 4.98 Å². The van der Waals surface area contributed by atoms with Gasteiger partial charge in [-0.15, -0.1) is 0 Å². The SMILES string of the molecule is CNC(CSCC(C)C)Cc1nc2ccccc2n1C. The number of aromatic nitrogens is 2. The fourth-order valence-corrected chi connectivity index (χ4v) is 3.47. The Hall–Kier alpha value is -1.00. The van der Waals surface area contributed by atoms with E-state index in [0.717, 1.165) is 29.4 Å². The molecule has 20 heavy (non-hydrogen) atoms. The number of hydrogen-bond acceptors (Lipinski definition) is 3. The number of rotatable bonds is 7. The lowest BCUT2D eigenvalue weighted by atomic mass is 10.2. The van der Waals surface area contributed by atoms with Crippen LogP contribution in [0.3, 0.4) is 0 Å². The highest BCUT2D eigenvalue weighted by molar-refractivity contribution is 7.99. The third-order valence-electron chi connectivity index (χ3n) is 3.49. The number of fused-ring (bicyclic) bond motifs is 1. The van der Waals surface area contributed by atoms with E-state index in [0.29, 0.717) is 6.04 Å². The van der Waals surface area contributed by atoms with Crippen LogP contribution in [0.25, 0.3) is 11.0 Å². The Bertz CT molecular complexity index is 548. The lowest BCUT2D eigenvalue weighted by Gasteiger charge is -2.16. The van der Waals surface area contributed by atoms with Gasteiger partial charge >= 0.3 is 0 Å².